The van der Waals surface area contributed by atoms with Crippen molar-refractivity contribution in [2.24, 2.45) is 0 Å². The Hall–Kier alpha value is -1.66. The van der Waals surface area contributed by atoms with Crippen molar-refractivity contribution in [3.8, 4) is 0 Å². The fourth-order valence-corrected chi connectivity index (χ4v) is 2.82. The lowest BCUT2D eigenvalue weighted by Gasteiger charge is -2.36. The molecule has 1 aromatic heterocycles. The molecule has 0 aliphatic carbocycles. The van der Waals surface area contributed by atoms with Gasteiger partial charge in [0.15, 0.2) is 0 Å². The van der Waals surface area contributed by atoms with E-state index in [2.05, 4.69) is 30.2 Å². The second kappa shape index (κ2) is 8.63. The predicted molar refractivity (Wildman–Crippen MR) is 97.7 cm³/mol. The third-order valence-corrected chi connectivity index (χ3v) is 4.30. The minimum atomic E-state index is -0.475. The molecule has 2 rings (SSSR count). The number of ether oxygens (including phenoxy) is 2. The number of aromatic nitrogens is 1. The van der Waals surface area contributed by atoms with Gasteiger partial charge in [-0.05, 0) is 64.8 Å². The molecule has 140 valence electrons. The third kappa shape index (κ3) is 6.29. The molecule has 0 bridgehead atoms. The quantitative estimate of drug-likeness (QED) is 0.885. The average Bonchev–Trinajstić information content (AvgIpc) is 2.55. The zero-order valence-corrected chi connectivity index (χ0v) is 16.0. The van der Waals surface area contributed by atoms with Gasteiger partial charge in [0.25, 0.3) is 0 Å². The summed E-state index contributed by atoms with van der Waals surface area (Å²) in [6, 6.07) is 2.22. The Morgan fingerprint density at radius 2 is 2.28 bits per heavy atom. The Bertz CT molecular complexity index is 571. The van der Waals surface area contributed by atoms with Gasteiger partial charge in [-0.2, -0.15) is 0 Å². The second-order valence-corrected chi connectivity index (χ2v) is 7.63. The first-order chi connectivity index (χ1) is 11.8. The van der Waals surface area contributed by atoms with Gasteiger partial charge in [-0.3, -0.25) is 4.98 Å². The molecule has 2 atom stereocenters. The number of carbonyl (C=O) groups excluding carboxylic acids is 1. The van der Waals surface area contributed by atoms with Crippen LogP contribution in [0, 0.1) is 6.92 Å². The number of hydrogen-bond donors (Lipinski definition) is 1. The number of hydrogen-bond acceptors (Lipinski definition) is 5. The van der Waals surface area contributed by atoms with E-state index in [9.17, 15) is 4.79 Å². The molecule has 1 aliphatic rings. The molecule has 0 radical (unpaired) electrons. The van der Waals surface area contributed by atoms with Gasteiger partial charge in [-0.25, -0.2) is 4.79 Å². The van der Waals surface area contributed by atoms with Crippen molar-refractivity contribution in [2.75, 3.05) is 26.2 Å². The van der Waals surface area contributed by atoms with Crippen LogP contribution >= 0.6 is 0 Å². The highest BCUT2D eigenvalue weighted by atomic mass is 16.6. The van der Waals surface area contributed by atoms with E-state index in [1.165, 1.54) is 11.1 Å². The van der Waals surface area contributed by atoms with E-state index in [1.54, 1.807) is 4.90 Å². The van der Waals surface area contributed by atoms with Gasteiger partial charge in [0.1, 0.15) is 5.60 Å². The first-order valence-electron chi connectivity index (χ1n) is 8.98. The molecule has 2 heterocycles. The monoisotopic (exact) mass is 349 g/mol. The van der Waals surface area contributed by atoms with Gasteiger partial charge in [0.05, 0.1) is 19.3 Å². The Labute approximate surface area is 150 Å². The average molecular weight is 349 g/mol. The van der Waals surface area contributed by atoms with Crippen LogP contribution in [0.4, 0.5) is 4.79 Å². The molecule has 6 heteroatoms. The van der Waals surface area contributed by atoms with Crippen molar-refractivity contribution in [3.63, 3.8) is 0 Å². The predicted octanol–water partition coefficient (Wildman–Crippen LogP) is 2.55. The van der Waals surface area contributed by atoms with E-state index in [-0.39, 0.29) is 18.2 Å². The first kappa shape index (κ1) is 19.7. The molecular formula is C19H31N3O3. The molecule has 0 spiro atoms. The van der Waals surface area contributed by atoms with Crippen molar-refractivity contribution < 1.29 is 14.3 Å². The van der Waals surface area contributed by atoms with E-state index in [4.69, 9.17) is 9.47 Å². The molecule has 1 N–H and O–H groups in total. The summed E-state index contributed by atoms with van der Waals surface area (Å²) in [7, 11) is 0. The van der Waals surface area contributed by atoms with Crippen LogP contribution in [-0.2, 0) is 15.9 Å². The lowest BCUT2D eigenvalue weighted by Crippen LogP contribution is -2.53. The topological polar surface area (TPSA) is 63.7 Å². The smallest absolute Gasteiger partial charge is 0.410 e. The Balaban J connectivity index is 1.80. The van der Waals surface area contributed by atoms with E-state index < -0.39 is 5.60 Å². The number of pyridine rings is 1. The molecule has 1 aliphatic heterocycles. The van der Waals surface area contributed by atoms with Crippen molar-refractivity contribution in [1.82, 2.24) is 15.2 Å². The Kier molecular flexibility index (Phi) is 6.79. The van der Waals surface area contributed by atoms with E-state index in [0.29, 0.717) is 19.7 Å². The lowest BCUT2D eigenvalue weighted by atomic mass is 10.1. The summed E-state index contributed by atoms with van der Waals surface area (Å²) in [5.74, 6) is 0. The summed E-state index contributed by atoms with van der Waals surface area (Å²) in [5.41, 5.74) is 2.04. The van der Waals surface area contributed by atoms with Gasteiger partial charge in [-0.15, -0.1) is 0 Å². The number of rotatable bonds is 5. The van der Waals surface area contributed by atoms with Crippen molar-refractivity contribution in [1.29, 1.82) is 0 Å². The van der Waals surface area contributed by atoms with Crippen molar-refractivity contribution in [2.45, 2.75) is 58.8 Å². The summed E-state index contributed by atoms with van der Waals surface area (Å²) in [6.45, 7) is 12.4. The van der Waals surface area contributed by atoms with Gasteiger partial charge >= 0.3 is 6.09 Å². The summed E-state index contributed by atoms with van der Waals surface area (Å²) >= 11 is 0. The van der Waals surface area contributed by atoms with Crippen LogP contribution in [0.3, 0.4) is 0 Å². The molecule has 0 saturated carbocycles. The largest absolute Gasteiger partial charge is 0.444 e. The normalized spacial score (nSPS) is 19.6. The van der Waals surface area contributed by atoms with E-state index in [0.717, 1.165) is 13.0 Å². The molecule has 6 nitrogen and oxygen atoms in total. The number of nitrogens with one attached hydrogen (secondary N) is 1. The summed E-state index contributed by atoms with van der Waals surface area (Å²) in [4.78, 5) is 18.1. The van der Waals surface area contributed by atoms with Gasteiger partial charge in [0.2, 0.25) is 0 Å². The maximum atomic E-state index is 12.2. The van der Waals surface area contributed by atoms with E-state index in [1.807, 2.05) is 33.2 Å². The standard InChI is InChI=1S/C19H31N3O3/c1-14-12-20-8-6-16(14)7-9-21-15(2)17-13-22(10-11-24-17)18(23)25-19(3,4)5/h6,8,12,15,17,21H,7,9-11,13H2,1-5H3/t15-,17-/m1/s1. The number of morpholine rings is 1. The highest BCUT2D eigenvalue weighted by Crippen LogP contribution is 2.15. The van der Waals surface area contributed by atoms with Crippen LogP contribution in [0.1, 0.15) is 38.8 Å². The molecule has 0 aromatic carbocycles. The van der Waals surface area contributed by atoms with Crippen LogP contribution in [0.5, 0.6) is 0 Å². The zero-order valence-electron chi connectivity index (χ0n) is 16.0. The van der Waals surface area contributed by atoms with Gasteiger partial charge in [-0.1, -0.05) is 0 Å². The first-order valence-corrected chi connectivity index (χ1v) is 8.98. The van der Waals surface area contributed by atoms with E-state index >= 15 is 0 Å². The molecule has 25 heavy (non-hydrogen) atoms. The number of amides is 1. The minimum absolute atomic E-state index is 0.0280. The Morgan fingerprint density at radius 3 is 2.96 bits per heavy atom. The van der Waals surface area contributed by atoms with Crippen LogP contribution < -0.4 is 5.32 Å². The fourth-order valence-electron chi connectivity index (χ4n) is 2.82. The minimum Gasteiger partial charge on any atom is -0.444 e. The SMILES string of the molecule is Cc1cnccc1CCN[C@H](C)[C@H]1CN(C(=O)OC(C)(C)C)CCO1. The molecule has 1 amide bonds. The third-order valence-electron chi connectivity index (χ3n) is 4.30. The van der Waals surface area contributed by atoms with Crippen LogP contribution in [0.15, 0.2) is 18.5 Å². The summed E-state index contributed by atoms with van der Waals surface area (Å²) in [6.07, 6.45) is 4.37. The molecular weight excluding hydrogens is 318 g/mol. The lowest BCUT2D eigenvalue weighted by molar-refractivity contribution is -0.0524. The maximum Gasteiger partial charge on any atom is 0.410 e. The van der Waals surface area contributed by atoms with Crippen LogP contribution in [0.2, 0.25) is 0 Å². The molecule has 1 fully saturated rings. The fraction of sp³-hybridized carbons (Fsp3) is 0.684. The Morgan fingerprint density at radius 1 is 1.52 bits per heavy atom. The summed E-state index contributed by atoms with van der Waals surface area (Å²) < 4.78 is 11.3. The van der Waals surface area contributed by atoms with Crippen molar-refractivity contribution >= 4 is 6.09 Å². The van der Waals surface area contributed by atoms with Crippen LogP contribution in [-0.4, -0.2) is 60.0 Å². The maximum absolute atomic E-state index is 12.2. The highest BCUT2D eigenvalue weighted by molar-refractivity contribution is 5.68. The molecule has 1 saturated heterocycles. The zero-order chi connectivity index (χ0) is 18.4. The van der Waals surface area contributed by atoms with Crippen molar-refractivity contribution in [3.05, 3.63) is 29.6 Å². The number of nitrogens with zero attached hydrogens (tertiary/aromatic N) is 2. The number of aryl methyl sites for hydroxylation is 1. The second-order valence-electron chi connectivity index (χ2n) is 7.63. The number of carbonyl (C=O) groups is 1. The van der Waals surface area contributed by atoms with Gasteiger partial charge in [0, 0.05) is 25.0 Å². The molecule has 1 aromatic rings. The summed E-state index contributed by atoms with van der Waals surface area (Å²) in [5, 5.41) is 3.51. The highest BCUT2D eigenvalue weighted by Gasteiger charge is 2.30. The van der Waals surface area contributed by atoms with Crippen LogP contribution in [0.25, 0.3) is 0 Å². The molecule has 0 unspecified atom stereocenters. The van der Waals surface area contributed by atoms with Gasteiger partial charge < -0.3 is 19.7 Å².